The molecule has 3 aromatic rings. The Kier molecular flexibility index (Phi) is 3.38. The van der Waals surface area contributed by atoms with Gasteiger partial charge in [0.25, 0.3) is 0 Å². The van der Waals surface area contributed by atoms with Gasteiger partial charge in [0.15, 0.2) is 0 Å². The van der Waals surface area contributed by atoms with Gasteiger partial charge in [-0.25, -0.2) is 4.39 Å². The van der Waals surface area contributed by atoms with E-state index in [9.17, 15) is 4.39 Å². The fourth-order valence-corrected chi connectivity index (χ4v) is 2.87. The van der Waals surface area contributed by atoms with Gasteiger partial charge in [0.05, 0.1) is 5.69 Å². The van der Waals surface area contributed by atoms with E-state index in [-0.39, 0.29) is 10.8 Å². The van der Waals surface area contributed by atoms with E-state index in [0.29, 0.717) is 11.3 Å². The van der Waals surface area contributed by atoms with Crippen LogP contribution >= 0.6 is 23.6 Å². The van der Waals surface area contributed by atoms with Gasteiger partial charge in [-0.2, -0.15) is 0 Å². The van der Waals surface area contributed by atoms with Crippen LogP contribution in [-0.2, 0) is 0 Å². The molecule has 0 saturated carbocycles. The van der Waals surface area contributed by atoms with Gasteiger partial charge in [-0.15, -0.1) is 11.3 Å². The van der Waals surface area contributed by atoms with E-state index in [2.05, 4.69) is 5.32 Å². The van der Waals surface area contributed by atoms with Gasteiger partial charge in [0.1, 0.15) is 10.8 Å². The highest BCUT2D eigenvalue weighted by molar-refractivity contribution is 7.80. The Morgan fingerprint density at radius 2 is 2.00 bits per heavy atom. The quantitative estimate of drug-likeness (QED) is 0.703. The molecule has 1 aromatic heterocycles. The van der Waals surface area contributed by atoms with Crippen molar-refractivity contribution in [2.24, 2.45) is 5.73 Å². The van der Waals surface area contributed by atoms with E-state index < -0.39 is 0 Å². The predicted molar refractivity (Wildman–Crippen MR) is 87.4 cm³/mol. The summed E-state index contributed by atoms with van der Waals surface area (Å²) in [4.78, 5) is 0.190. The van der Waals surface area contributed by atoms with E-state index in [4.69, 9.17) is 18.0 Å². The molecule has 0 bridgehead atoms. The minimum absolute atomic E-state index is 0.190. The number of rotatable bonds is 3. The Balaban J connectivity index is 1.92. The largest absolute Gasteiger partial charge is 0.389 e. The maximum Gasteiger partial charge on any atom is 0.147 e. The van der Waals surface area contributed by atoms with Crippen LogP contribution in [-0.4, -0.2) is 4.99 Å². The van der Waals surface area contributed by atoms with Crippen LogP contribution in [0.1, 0.15) is 5.56 Å². The summed E-state index contributed by atoms with van der Waals surface area (Å²) in [5.41, 5.74) is 7.25. The molecule has 0 saturated heterocycles. The summed E-state index contributed by atoms with van der Waals surface area (Å²) in [6.45, 7) is 0. The second-order valence-corrected chi connectivity index (χ2v) is 5.74. The molecule has 0 aliphatic rings. The van der Waals surface area contributed by atoms with Crippen LogP contribution in [0, 0.1) is 5.82 Å². The number of fused-ring (bicyclic) bond motifs is 1. The smallest absolute Gasteiger partial charge is 0.147 e. The van der Waals surface area contributed by atoms with Crippen molar-refractivity contribution in [3.63, 3.8) is 0 Å². The Hall–Kier alpha value is -1.98. The number of hydrogen-bond acceptors (Lipinski definition) is 3. The number of anilines is 2. The van der Waals surface area contributed by atoms with E-state index in [1.165, 1.54) is 10.8 Å². The highest BCUT2D eigenvalue weighted by Crippen LogP contribution is 2.27. The van der Waals surface area contributed by atoms with Gasteiger partial charge in [0.2, 0.25) is 0 Å². The second-order valence-electron chi connectivity index (χ2n) is 4.36. The summed E-state index contributed by atoms with van der Waals surface area (Å²) in [7, 11) is 0. The van der Waals surface area contributed by atoms with Gasteiger partial charge in [-0.05, 0) is 53.2 Å². The molecular weight excluding hydrogens is 291 g/mol. The first-order chi connectivity index (χ1) is 9.63. The number of nitrogens with two attached hydrogens (primary N) is 1. The molecule has 5 heteroatoms. The van der Waals surface area contributed by atoms with E-state index >= 15 is 0 Å². The van der Waals surface area contributed by atoms with Crippen molar-refractivity contribution in [3.8, 4) is 0 Å². The third-order valence-corrected chi connectivity index (χ3v) is 4.12. The van der Waals surface area contributed by atoms with Crippen molar-refractivity contribution in [3.05, 3.63) is 59.2 Å². The van der Waals surface area contributed by atoms with Crippen molar-refractivity contribution in [1.29, 1.82) is 0 Å². The molecule has 1 heterocycles. The van der Waals surface area contributed by atoms with Crippen LogP contribution in [0.3, 0.4) is 0 Å². The molecule has 0 spiro atoms. The molecule has 3 N–H and O–H groups in total. The maximum atomic E-state index is 14.0. The molecule has 0 aliphatic heterocycles. The van der Waals surface area contributed by atoms with Crippen LogP contribution in [0.15, 0.2) is 47.8 Å². The summed E-state index contributed by atoms with van der Waals surface area (Å²) >= 11 is 6.51. The Morgan fingerprint density at radius 1 is 1.15 bits per heavy atom. The number of thiocarbonyl (C=S) groups is 1. The van der Waals surface area contributed by atoms with Crippen LogP contribution in [0.25, 0.3) is 10.1 Å². The minimum Gasteiger partial charge on any atom is -0.389 e. The predicted octanol–water partition coefficient (Wildman–Crippen LogP) is 4.42. The van der Waals surface area contributed by atoms with Crippen molar-refractivity contribution in [2.75, 3.05) is 5.32 Å². The van der Waals surface area contributed by atoms with Gasteiger partial charge in [0, 0.05) is 16.0 Å². The van der Waals surface area contributed by atoms with Gasteiger partial charge in [-0.3, -0.25) is 0 Å². The second kappa shape index (κ2) is 5.19. The summed E-state index contributed by atoms with van der Waals surface area (Å²) in [5.74, 6) is -0.374. The zero-order valence-electron chi connectivity index (χ0n) is 10.4. The number of thiophene rings is 1. The third-order valence-electron chi connectivity index (χ3n) is 2.99. The summed E-state index contributed by atoms with van der Waals surface area (Å²) in [6, 6.07) is 12.7. The molecule has 3 rings (SSSR count). The average Bonchev–Trinajstić information content (AvgIpc) is 2.88. The van der Waals surface area contributed by atoms with Gasteiger partial charge >= 0.3 is 0 Å². The van der Waals surface area contributed by atoms with Crippen LogP contribution in [0.5, 0.6) is 0 Å². The monoisotopic (exact) mass is 302 g/mol. The SMILES string of the molecule is NC(=S)c1ccc(Nc2ccc3sccc3c2)c(F)c1. The van der Waals surface area contributed by atoms with Crippen molar-refractivity contribution in [1.82, 2.24) is 0 Å². The average molecular weight is 302 g/mol. The van der Waals surface area contributed by atoms with Crippen LogP contribution < -0.4 is 11.1 Å². The van der Waals surface area contributed by atoms with Crippen molar-refractivity contribution >= 4 is 50.0 Å². The van der Waals surface area contributed by atoms with Crippen molar-refractivity contribution < 1.29 is 4.39 Å². The lowest BCUT2D eigenvalue weighted by atomic mass is 10.2. The number of benzene rings is 2. The molecule has 0 aliphatic carbocycles. The molecule has 100 valence electrons. The van der Waals surface area contributed by atoms with Gasteiger partial charge < -0.3 is 11.1 Å². The Labute approximate surface area is 125 Å². The first-order valence-corrected chi connectivity index (χ1v) is 7.26. The van der Waals surface area contributed by atoms with Crippen LogP contribution in [0.4, 0.5) is 15.8 Å². The summed E-state index contributed by atoms with van der Waals surface area (Å²) in [5, 5.41) is 6.24. The molecule has 0 unspecified atom stereocenters. The highest BCUT2D eigenvalue weighted by atomic mass is 32.1. The van der Waals surface area contributed by atoms with Crippen LogP contribution in [0.2, 0.25) is 0 Å². The molecular formula is C15H11FN2S2. The molecule has 2 nitrogen and oxygen atoms in total. The normalized spacial score (nSPS) is 10.7. The lowest BCUT2D eigenvalue weighted by molar-refractivity contribution is 0.631. The third kappa shape index (κ3) is 2.50. The zero-order valence-corrected chi connectivity index (χ0v) is 12.0. The standard InChI is InChI=1S/C15H11FN2S2/c16-12-8-10(15(17)19)1-3-13(12)18-11-2-4-14-9(7-11)5-6-20-14/h1-8,18H,(H2,17,19). The topological polar surface area (TPSA) is 38.0 Å². The van der Waals surface area contributed by atoms with Gasteiger partial charge in [-0.1, -0.05) is 12.2 Å². The number of hydrogen-bond donors (Lipinski definition) is 2. The molecule has 20 heavy (non-hydrogen) atoms. The summed E-state index contributed by atoms with van der Waals surface area (Å²) < 4.78 is 15.2. The Bertz CT molecular complexity index is 795. The summed E-state index contributed by atoms with van der Waals surface area (Å²) in [6.07, 6.45) is 0. The highest BCUT2D eigenvalue weighted by Gasteiger charge is 2.06. The maximum absolute atomic E-state index is 14.0. The molecule has 0 fully saturated rings. The lowest BCUT2D eigenvalue weighted by Gasteiger charge is -2.09. The molecule has 2 aromatic carbocycles. The van der Waals surface area contributed by atoms with E-state index in [0.717, 1.165) is 11.1 Å². The number of halogens is 1. The first kappa shape index (κ1) is 13.0. The lowest BCUT2D eigenvalue weighted by Crippen LogP contribution is -2.09. The molecule has 0 amide bonds. The van der Waals surface area contributed by atoms with E-state index in [1.807, 2.05) is 29.6 Å². The van der Waals surface area contributed by atoms with E-state index in [1.54, 1.807) is 23.5 Å². The zero-order chi connectivity index (χ0) is 14.1. The fraction of sp³-hybridized carbons (Fsp3) is 0. The minimum atomic E-state index is -0.374. The fourth-order valence-electron chi connectivity index (χ4n) is 1.97. The Morgan fingerprint density at radius 3 is 2.75 bits per heavy atom. The number of nitrogens with one attached hydrogen (secondary N) is 1. The first-order valence-electron chi connectivity index (χ1n) is 5.97. The molecule has 0 radical (unpaired) electrons. The van der Waals surface area contributed by atoms with Crippen molar-refractivity contribution in [2.45, 2.75) is 0 Å². The molecule has 0 atom stereocenters.